The molecule has 0 radical (unpaired) electrons. The van der Waals surface area contributed by atoms with Gasteiger partial charge in [-0.1, -0.05) is 99.1 Å². The maximum atomic E-state index is 2.24. The molecule has 0 unspecified atom stereocenters. The Bertz CT molecular complexity index is 269. The van der Waals surface area contributed by atoms with Crippen LogP contribution in [0.5, 0.6) is 0 Å². The van der Waals surface area contributed by atoms with E-state index in [1.807, 2.05) is 13.8 Å². The van der Waals surface area contributed by atoms with Crippen LogP contribution in [0.15, 0.2) is 30.3 Å². The highest BCUT2D eigenvalue weighted by Gasteiger charge is 2.11. The number of hydrogen-bond acceptors (Lipinski definition) is 0. The lowest BCUT2D eigenvalue weighted by atomic mass is 9.87. The van der Waals surface area contributed by atoms with E-state index in [0.717, 1.165) is 0 Å². The Morgan fingerprint density at radius 2 is 1.11 bits per heavy atom. The Morgan fingerprint density at radius 3 is 1.28 bits per heavy atom. The largest absolute Gasteiger partial charge is 0.0683 e. The van der Waals surface area contributed by atoms with Gasteiger partial charge in [0.2, 0.25) is 0 Å². The lowest BCUT2D eigenvalue weighted by Gasteiger charge is -2.18. The van der Waals surface area contributed by atoms with Gasteiger partial charge in [0.15, 0.2) is 0 Å². The predicted octanol–water partition coefficient (Wildman–Crippen LogP) is 6.45. The molecule has 1 aromatic carbocycles. The van der Waals surface area contributed by atoms with Crippen molar-refractivity contribution in [3.8, 4) is 0 Å². The molecule has 18 heavy (non-hydrogen) atoms. The Morgan fingerprint density at radius 1 is 0.778 bits per heavy atom. The average molecular weight is 250 g/mol. The Labute approximate surface area is 116 Å². The molecule has 0 aliphatic heterocycles. The van der Waals surface area contributed by atoms with Crippen LogP contribution in [0.3, 0.4) is 0 Å². The van der Waals surface area contributed by atoms with E-state index in [1.165, 1.54) is 12.0 Å². The molecular formula is C18H34. The van der Waals surface area contributed by atoms with Gasteiger partial charge < -0.3 is 0 Å². The molecule has 0 spiro atoms. The van der Waals surface area contributed by atoms with Gasteiger partial charge in [-0.3, -0.25) is 0 Å². The quantitative estimate of drug-likeness (QED) is 0.496. The molecule has 0 saturated heterocycles. The van der Waals surface area contributed by atoms with Crippen molar-refractivity contribution in [3.05, 3.63) is 35.9 Å². The maximum Gasteiger partial charge on any atom is -0.0132 e. The SMILES string of the molecule is CC.CC(C)(C)c1ccccc1.CCC(C)(C)C. The van der Waals surface area contributed by atoms with Crippen molar-refractivity contribution in [1.29, 1.82) is 0 Å². The lowest BCUT2D eigenvalue weighted by Crippen LogP contribution is -2.10. The minimum atomic E-state index is 0.293. The van der Waals surface area contributed by atoms with E-state index in [1.54, 1.807) is 0 Å². The Balaban J connectivity index is 0. The lowest BCUT2D eigenvalue weighted by molar-refractivity contribution is 0.398. The summed E-state index contributed by atoms with van der Waals surface area (Å²) in [6.07, 6.45) is 1.27. The molecule has 0 aliphatic rings. The average Bonchev–Trinajstić information content (AvgIpc) is 2.32. The first-order valence-corrected chi connectivity index (χ1v) is 7.22. The summed E-state index contributed by atoms with van der Waals surface area (Å²) in [5.74, 6) is 0. The van der Waals surface area contributed by atoms with Gasteiger partial charge >= 0.3 is 0 Å². The van der Waals surface area contributed by atoms with Gasteiger partial charge in [-0.25, -0.2) is 0 Å². The Hall–Kier alpha value is -0.780. The van der Waals surface area contributed by atoms with Crippen LogP contribution in [-0.4, -0.2) is 0 Å². The second-order valence-electron chi connectivity index (χ2n) is 6.53. The molecule has 1 aromatic rings. The molecule has 0 aromatic heterocycles. The normalized spacial score (nSPS) is 10.7. The summed E-state index contributed by atoms with van der Waals surface area (Å²) in [5, 5.41) is 0. The molecule has 0 saturated carbocycles. The van der Waals surface area contributed by atoms with E-state index in [4.69, 9.17) is 0 Å². The highest BCUT2D eigenvalue weighted by Crippen LogP contribution is 2.20. The van der Waals surface area contributed by atoms with E-state index in [-0.39, 0.29) is 0 Å². The standard InChI is InChI=1S/C10H14.C6H14.C2H6/c1-10(2,3)9-7-5-4-6-8-9;1-5-6(2,3)4;1-2/h4-8H,1-3H3;5H2,1-4H3;1-2H3. The third-order valence-corrected chi connectivity index (χ3v) is 2.70. The number of rotatable bonds is 0. The molecule has 0 heteroatoms. The first-order chi connectivity index (χ1) is 8.17. The number of benzene rings is 1. The molecule has 0 aliphatic carbocycles. The zero-order valence-corrected chi connectivity index (χ0v) is 14.1. The molecule has 0 fully saturated rings. The van der Waals surface area contributed by atoms with Crippen molar-refractivity contribution in [2.24, 2.45) is 5.41 Å². The highest BCUT2D eigenvalue weighted by molar-refractivity contribution is 5.21. The van der Waals surface area contributed by atoms with Crippen LogP contribution in [0.1, 0.15) is 74.3 Å². The summed E-state index contributed by atoms with van der Waals surface area (Å²) in [4.78, 5) is 0. The monoisotopic (exact) mass is 250 g/mol. The van der Waals surface area contributed by atoms with Gasteiger partial charge in [0, 0.05) is 0 Å². The van der Waals surface area contributed by atoms with E-state index in [9.17, 15) is 0 Å². The van der Waals surface area contributed by atoms with Crippen molar-refractivity contribution in [1.82, 2.24) is 0 Å². The van der Waals surface area contributed by atoms with Crippen LogP contribution in [0.25, 0.3) is 0 Å². The first-order valence-electron chi connectivity index (χ1n) is 7.22. The molecule has 0 heterocycles. The highest BCUT2D eigenvalue weighted by atomic mass is 14.2. The summed E-state index contributed by atoms with van der Waals surface area (Å²) in [7, 11) is 0. The molecule has 0 nitrogen and oxygen atoms in total. The van der Waals surface area contributed by atoms with Gasteiger partial charge in [0.1, 0.15) is 0 Å². The molecule has 0 amide bonds. The minimum absolute atomic E-state index is 0.293. The van der Waals surface area contributed by atoms with Crippen LogP contribution in [0.2, 0.25) is 0 Å². The molecule has 1 rings (SSSR count). The summed E-state index contributed by atoms with van der Waals surface area (Å²) < 4.78 is 0. The van der Waals surface area contributed by atoms with E-state index in [2.05, 4.69) is 78.8 Å². The molecule has 0 N–H and O–H groups in total. The molecule has 0 bridgehead atoms. The van der Waals surface area contributed by atoms with Crippen LogP contribution in [0.4, 0.5) is 0 Å². The van der Waals surface area contributed by atoms with Gasteiger partial charge in [-0.05, 0) is 16.4 Å². The van der Waals surface area contributed by atoms with Gasteiger partial charge in [-0.15, -0.1) is 0 Å². The summed E-state index contributed by atoms with van der Waals surface area (Å²) in [6.45, 7) is 19.6. The fourth-order valence-electron chi connectivity index (χ4n) is 0.938. The molecular weight excluding hydrogens is 216 g/mol. The fraction of sp³-hybridized carbons (Fsp3) is 0.667. The van der Waals surface area contributed by atoms with Gasteiger partial charge in [0.25, 0.3) is 0 Å². The minimum Gasteiger partial charge on any atom is -0.0683 e. The van der Waals surface area contributed by atoms with Crippen LogP contribution < -0.4 is 0 Å². The second kappa shape index (κ2) is 9.19. The Kier molecular flexibility index (Phi) is 9.99. The topological polar surface area (TPSA) is 0 Å². The predicted molar refractivity (Wildman–Crippen MR) is 86.2 cm³/mol. The third kappa shape index (κ3) is 11.7. The van der Waals surface area contributed by atoms with Crippen LogP contribution >= 0.6 is 0 Å². The zero-order valence-electron chi connectivity index (χ0n) is 14.1. The zero-order chi connectivity index (χ0) is 14.8. The van der Waals surface area contributed by atoms with Crippen molar-refractivity contribution >= 4 is 0 Å². The summed E-state index contributed by atoms with van der Waals surface area (Å²) >= 11 is 0. The maximum absolute atomic E-state index is 2.24. The second-order valence-corrected chi connectivity index (χ2v) is 6.53. The fourth-order valence-corrected chi connectivity index (χ4v) is 0.938. The van der Waals surface area contributed by atoms with E-state index >= 15 is 0 Å². The smallest absolute Gasteiger partial charge is 0.0132 e. The summed E-state index contributed by atoms with van der Waals surface area (Å²) in [6, 6.07) is 10.6. The molecule has 0 atom stereocenters. The third-order valence-electron chi connectivity index (χ3n) is 2.70. The van der Waals surface area contributed by atoms with Crippen molar-refractivity contribution in [2.45, 2.75) is 74.1 Å². The van der Waals surface area contributed by atoms with Crippen molar-refractivity contribution < 1.29 is 0 Å². The first kappa shape index (κ1) is 19.6. The van der Waals surface area contributed by atoms with Gasteiger partial charge in [0.05, 0.1) is 0 Å². The molecule has 106 valence electrons. The van der Waals surface area contributed by atoms with Crippen molar-refractivity contribution in [2.75, 3.05) is 0 Å². The van der Waals surface area contributed by atoms with Crippen LogP contribution in [0, 0.1) is 5.41 Å². The van der Waals surface area contributed by atoms with Crippen molar-refractivity contribution in [3.63, 3.8) is 0 Å². The summed E-state index contributed by atoms with van der Waals surface area (Å²) in [5.41, 5.74) is 2.23. The van der Waals surface area contributed by atoms with Crippen LogP contribution in [-0.2, 0) is 5.41 Å². The number of hydrogen-bond donors (Lipinski definition) is 0. The van der Waals surface area contributed by atoms with E-state index < -0.39 is 0 Å². The van der Waals surface area contributed by atoms with E-state index in [0.29, 0.717) is 10.8 Å². The van der Waals surface area contributed by atoms with Gasteiger partial charge in [-0.2, -0.15) is 0 Å².